The van der Waals surface area contributed by atoms with Crippen LogP contribution in [0.2, 0.25) is 0 Å². The molecule has 2 rings (SSSR count). The second kappa shape index (κ2) is 6.50. The molecule has 0 saturated carbocycles. The fourth-order valence-electron chi connectivity index (χ4n) is 2.26. The smallest absolute Gasteiger partial charge is 0.137 e. The van der Waals surface area contributed by atoms with Gasteiger partial charge in [-0.25, -0.2) is 9.97 Å². The summed E-state index contributed by atoms with van der Waals surface area (Å²) in [6, 6.07) is 8.56. The van der Waals surface area contributed by atoms with Crippen LogP contribution in [0.3, 0.4) is 0 Å². The molecule has 0 amide bonds. The Kier molecular flexibility index (Phi) is 4.72. The molecule has 0 aliphatic carbocycles. The highest BCUT2D eigenvalue weighted by atomic mass is 15.0. The lowest BCUT2D eigenvalue weighted by atomic mass is 10.0. The van der Waals surface area contributed by atoms with Crippen molar-refractivity contribution in [3.63, 3.8) is 0 Å². The number of nitrogens with zero attached hydrogens (tertiary/aromatic N) is 2. The Morgan fingerprint density at radius 3 is 2.63 bits per heavy atom. The van der Waals surface area contributed by atoms with Crippen LogP contribution in [0.25, 0.3) is 10.9 Å². The molecule has 0 radical (unpaired) electrons. The monoisotopic (exact) mass is 257 g/mol. The van der Waals surface area contributed by atoms with Crippen LogP contribution in [0, 0.1) is 5.92 Å². The molecule has 1 unspecified atom stereocenters. The molecule has 1 aromatic heterocycles. The summed E-state index contributed by atoms with van der Waals surface area (Å²) in [4.78, 5) is 8.65. The Bertz CT molecular complexity index is 517. The largest absolute Gasteiger partial charge is 0.367 e. The van der Waals surface area contributed by atoms with Crippen LogP contribution in [0.4, 0.5) is 5.82 Å². The van der Waals surface area contributed by atoms with Gasteiger partial charge in [-0.05, 0) is 31.4 Å². The summed E-state index contributed by atoms with van der Waals surface area (Å²) in [6.07, 6.45) is 5.35. The standard InChI is InChI=1S/C16H23N3/c1-12(2)7-6-8-13(3)19-16-14-9-4-5-10-15(14)17-11-18-16/h4-5,9-13H,6-8H2,1-3H3,(H,17,18,19). The first-order chi connectivity index (χ1) is 9.16. The van der Waals surface area contributed by atoms with Gasteiger partial charge in [0.2, 0.25) is 0 Å². The van der Waals surface area contributed by atoms with Crippen molar-refractivity contribution in [2.45, 2.75) is 46.1 Å². The van der Waals surface area contributed by atoms with Crippen LogP contribution in [0.1, 0.15) is 40.0 Å². The second-order valence-electron chi connectivity index (χ2n) is 5.61. The van der Waals surface area contributed by atoms with Gasteiger partial charge in [0.05, 0.1) is 5.52 Å². The number of para-hydroxylation sites is 1. The third kappa shape index (κ3) is 3.91. The number of rotatable bonds is 6. The van der Waals surface area contributed by atoms with Gasteiger partial charge in [0.25, 0.3) is 0 Å². The number of aromatic nitrogens is 2. The molecule has 0 fully saturated rings. The van der Waals surface area contributed by atoms with Gasteiger partial charge < -0.3 is 5.32 Å². The molecule has 1 heterocycles. The van der Waals surface area contributed by atoms with Crippen LogP contribution in [-0.2, 0) is 0 Å². The van der Waals surface area contributed by atoms with E-state index in [1.807, 2.05) is 18.2 Å². The molecule has 0 spiro atoms. The van der Waals surface area contributed by atoms with E-state index >= 15 is 0 Å². The summed E-state index contributed by atoms with van der Waals surface area (Å²) >= 11 is 0. The Hall–Kier alpha value is -1.64. The van der Waals surface area contributed by atoms with E-state index in [1.54, 1.807) is 6.33 Å². The maximum atomic E-state index is 4.37. The number of benzene rings is 1. The molecule has 1 atom stereocenters. The molecule has 0 saturated heterocycles. The van der Waals surface area contributed by atoms with Crippen molar-refractivity contribution >= 4 is 16.7 Å². The molecule has 0 aliphatic rings. The zero-order valence-corrected chi connectivity index (χ0v) is 12.1. The summed E-state index contributed by atoms with van der Waals surface area (Å²) in [5.74, 6) is 1.73. The van der Waals surface area contributed by atoms with Gasteiger partial charge in [0.15, 0.2) is 0 Å². The predicted octanol–water partition coefficient (Wildman–Crippen LogP) is 4.26. The molecular weight excluding hydrogens is 234 g/mol. The number of hydrogen-bond donors (Lipinski definition) is 1. The van der Waals surface area contributed by atoms with E-state index in [9.17, 15) is 0 Å². The SMILES string of the molecule is CC(C)CCCC(C)Nc1ncnc2ccccc12. The van der Waals surface area contributed by atoms with Crippen LogP contribution in [-0.4, -0.2) is 16.0 Å². The maximum absolute atomic E-state index is 4.37. The quantitative estimate of drug-likeness (QED) is 0.840. The van der Waals surface area contributed by atoms with Crippen molar-refractivity contribution in [1.82, 2.24) is 9.97 Å². The molecule has 1 aromatic carbocycles. The van der Waals surface area contributed by atoms with E-state index in [2.05, 4.69) is 42.1 Å². The number of hydrogen-bond acceptors (Lipinski definition) is 3. The highest BCUT2D eigenvalue weighted by Crippen LogP contribution is 2.20. The Morgan fingerprint density at radius 1 is 1.05 bits per heavy atom. The Morgan fingerprint density at radius 2 is 1.84 bits per heavy atom. The van der Waals surface area contributed by atoms with Crippen molar-refractivity contribution in [2.24, 2.45) is 5.92 Å². The van der Waals surface area contributed by atoms with E-state index in [0.29, 0.717) is 6.04 Å². The average Bonchev–Trinajstić information content (AvgIpc) is 2.39. The van der Waals surface area contributed by atoms with E-state index in [4.69, 9.17) is 0 Å². The molecule has 3 heteroatoms. The third-order valence-corrected chi connectivity index (χ3v) is 3.34. The summed E-state index contributed by atoms with van der Waals surface area (Å²) in [7, 11) is 0. The Labute approximate surface area is 115 Å². The molecule has 19 heavy (non-hydrogen) atoms. The van der Waals surface area contributed by atoms with Gasteiger partial charge in [0, 0.05) is 11.4 Å². The molecule has 1 N–H and O–H groups in total. The van der Waals surface area contributed by atoms with E-state index < -0.39 is 0 Å². The van der Waals surface area contributed by atoms with Gasteiger partial charge in [-0.2, -0.15) is 0 Å². The van der Waals surface area contributed by atoms with E-state index in [-0.39, 0.29) is 0 Å². The molecule has 2 aromatic rings. The van der Waals surface area contributed by atoms with Crippen LogP contribution < -0.4 is 5.32 Å². The Balaban J connectivity index is 2.00. The van der Waals surface area contributed by atoms with Crippen molar-refractivity contribution < 1.29 is 0 Å². The third-order valence-electron chi connectivity index (χ3n) is 3.34. The molecule has 3 nitrogen and oxygen atoms in total. The lowest BCUT2D eigenvalue weighted by molar-refractivity contribution is 0.520. The minimum Gasteiger partial charge on any atom is -0.367 e. The first-order valence-electron chi connectivity index (χ1n) is 7.13. The van der Waals surface area contributed by atoms with E-state index in [1.165, 1.54) is 19.3 Å². The van der Waals surface area contributed by atoms with Crippen molar-refractivity contribution in [3.05, 3.63) is 30.6 Å². The number of fused-ring (bicyclic) bond motifs is 1. The minimum absolute atomic E-state index is 0.442. The molecule has 102 valence electrons. The zero-order chi connectivity index (χ0) is 13.7. The fraction of sp³-hybridized carbons (Fsp3) is 0.500. The highest BCUT2D eigenvalue weighted by Gasteiger charge is 2.07. The van der Waals surface area contributed by atoms with Gasteiger partial charge in [-0.1, -0.05) is 38.8 Å². The summed E-state index contributed by atoms with van der Waals surface area (Å²) < 4.78 is 0. The summed E-state index contributed by atoms with van der Waals surface area (Å²) in [5.41, 5.74) is 0.995. The first kappa shape index (κ1) is 13.8. The average molecular weight is 257 g/mol. The first-order valence-corrected chi connectivity index (χ1v) is 7.13. The maximum Gasteiger partial charge on any atom is 0.137 e. The summed E-state index contributed by atoms with van der Waals surface area (Å²) in [6.45, 7) is 6.77. The highest BCUT2D eigenvalue weighted by molar-refractivity contribution is 5.88. The van der Waals surface area contributed by atoms with Gasteiger partial charge in [-0.3, -0.25) is 0 Å². The van der Waals surface area contributed by atoms with Crippen LogP contribution in [0.5, 0.6) is 0 Å². The van der Waals surface area contributed by atoms with Gasteiger partial charge in [0.1, 0.15) is 12.1 Å². The number of anilines is 1. The van der Waals surface area contributed by atoms with Crippen molar-refractivity contribution in [2.75, 3.05) is 5.32 Å². The topological polar surface area (TPSA) is 37.8 Å². The second-order valence-corrected chi connectivity index (χ2v) is 5.61. The predicted molar refractivity (Wildman–Crippen MR) is 81.3 cm³/mol. The molecular formula is C16H23N3. The van der Waals surface area contributed by atoms with E-state index in [0.717, 1.165) is 22.6 Å². The van der Waals surface area contributed by atoms with Crippen molar-refractivity contribution in [1.29, 1.82) is 0 Å². The lowest BCUT2D eigenvalue weighted by Gasteiger charge is -2.16. The number of nitrogens with one attached hydrogen (secondary N) is 1. The zero-order valence-electron chi connectivity index (χ0n) is 12.1. The summed E-state index contributed by atoms with van der Waals surface area (Å²) in [5, 5.41) is 4.61. The van der Waals surface area contributed by atoms with Gasteiger partial charge >= 0.3 is 0 Å². The fourth-order valence-corrected chi connectivity index (χ4v) is 2.26. The van der Waals surface area contributed by atoms with Crippen LogP contribution in [0.15, 0.2) is 30.6 Å². The van der Waals surface area contributed by atoms with Crippen LogP contribution >= 0.6 is 0 Å². The lowest BCUT2D eigenvalue weighted by Crippen LogP contribution is -2.16. The minimum atomic E-state index is 0.442. The van der Waals surface area contributed by atoms with Gasteiger partial charge in [-0.15, -0.1) is 0 Å². The molecule has 0 aliphatic heterocycles. The van der Waals surface area contributed by atoms with Crippen molar-refractivity contribution in [3.8, 4) is 0 Å². The normalized spacial score (nSPS) is 12.8. The molecule has 0 bridgehead atoms.